The summed E-state index contributed by atoms with van der Waals surface area (Å²) in [6, 6.07) is 9.50. The van der Waals surface area contributed by atoms with E-state index in [0.717, 1.165) is 38.3 Å². The molecule has 1 unspecified atom stereocenters. The highest BCUT2D eigenvalue weighted by molar-refractivity contribution is 6.32. The number of para-hydroxylation sites is 1. The van der Waals surface area contributed by atoms with E-state index in [1.165, 1.54) is 31.5 Å². The van der Waals surface area contributed by atoms with E-state index in [2.05, 4.69) is 39.8 Å². The molecule has 3 heterocycles. The van der Waals surface area contributed by atoms with Crippen LogP contribution >= 0.6 is 11.6 Å². The van der Waals surface area contributed by atoms with Crippen LogP contribution in [0.4, 0.5) is 0 Å². The largest absolute Gasteiger partial charge is 0.396 e. The first-order chi connectivity index (χ1) is 15.0. The Morgan fingerprint density at radius 1 is 1.13 bits per heavy atom. The molecule has 1 aromatic heterocycles. The maximum absolute atomic E-state index is 9.70. The second kappa shape index (κ2) is 10.5. The second-order valence-corrected chi connectivity index (χ2v) is 9.65. The topological polar surface area (TPSA) is 47.8 Å². The van der Waals surface area contributed by atoms with Gasteiger partial charge in [0.15, 0.2) is 0 Å². The van der Waals surface area contributed by atoms with Crippen molar-refractivity contribution in [2.75, 3.05) is 39.3 Å². The van der Waals surface area contributed by atoms with E-state index in [-0.39, 0.29) is 6.61 Å². The number of aromatic nitrogens is 2. The molecule has 1 N–H and O–H groups in total. The fourth-order valence-electron chi connectivity index (χ4n) is 5.17. The molecule has 31 heavy (non-hydrogen) atoms. The summed E-state index contributed by atoms with van der Waals surface area (Å²) in [6.45, 7) is 11.2. The van der Waals surface area contributed by atoms with Crippen molar-refractivity contribution < 1.29 is 5.11 Å². The summed E-state index contributed by atoms with van der Waals surface area (Å²) in [6.07, 6.45) is 7.35. The quantitative estimate of drug-likeness (QED) is 0.708. The smallest absolute Gasteiger partial charge is 0.0831 e. The van der Waals surface area contributed by atoms with Crippen LogP contribution in [0.1, 0.15) is 38.7 Å². The Kier molecular flexibility index (Phi) is 7.67. The fourth-order valence-corrected chi connectivity index (χ4v) is 5.39. The molecule has 2 saturated heterocycles. The third-order valence-corrected chi connectivity index (χ3v) is 7.23. The molecular formula is C24H36ClN5O. The maximum Gasteiger partial charge on any atom is 0.0831 e. The Hall–Kier alpha value is -1.44. The van der Waals surface area contributed by atoms with Gasteiger partial charge in [0.05, 0.1) is 16.9 Å². The van der Waals surface area contributed by atoms with Crippen molar-refractivity contribution in [2.45, 2.75) is 57.8 Å². The molecule has 0 aliphatic carbocycles. The Morgan fingerprint density at radius 3 is 2.61 bits per heavy atom. The number of piperidine rings is 1. The summed E-state index contributed by atoms with van der Waals surface area (Å²) in [5.41, 5.74) is 2.10. The lowest BCUT2D eigenvalue weighted by atomic mass is 9.97. The van der Waals surface area contributed by atoms with Gasteiger partial charge in [-0.3, -0.25) is 9.80 Å². The first-order valence-electron chi connectivity index (χ1n) is 11.7. The molecule has 0 bridgehead atoms. The second-order valence-electron chi connectivity index (χ2n) is 9.24. The van der Waals surface area contributed by atoms with Gasteiger partial charge in [-0.05, 0) is 58.3 Å². The zero-order chi connectivity index (χ0) is 21.8. The number of likely N-dealkylation sites (tertiary alicyclic amines) is 1. The van der Waals surface area contributed by atoms with Gasteiger partial charge in [0.1, 0.15) is 0 Å². The molecule has 0 saturated carbocycles. The van der Waals surface area contributed by atoms with Gasteiger partial charge in [-0.2, -0.15) is 5.10 Å². The average molecular weight is 446 g/mol. The molecule has 0 spiro atoms. The van der Waals surface area contributed by atoms with Gasteiger partial charge in [-0.15, -0.1) is 0 Å². The van der Waals surface area contributed by atoms with Gasteiger partial charge < -0.3 is 10.0 Å². The maximum atomic E-state index is 9.70. The number of piperazine rings is 1. The van der Waals surface area contributed by atoms with Crippen molar-refractivity contribution in [3.63, 3.8) is 0 Å². The van der Waals surface area contributed by atoms with Crippen molar-refractivity contribution in [1.82, 2.24) is 24.5 Å². The van der Waals surface area contributed by atoms with Crippen molar-refractivity contribution in [3.8, 4) is 5.69 Å². The van der Waals surface area contributed by atoms with E-state index in [4.69, 9.17) is 11.6 Å². The van der Waals surface area contributed by atoms with Gasteiger partial charge in [0.25, 0.3) is 0 Å². The van der Waals surface area contributed by atoms with E-state index in [1.54, 1.807) is 0 Å². The Bertz CT molecular complexity index is 833. The number of benzene rings is 1. The average Bonchev–Trinajstić information content (AvgIpc) is 3.23. The molecule has 1 aromatic carbocycles. The molecular weight excluding hydrogens is 410 g/mol. The third kappa shape index (κ3) is 5.49. The molecule has 2 aliphatic rings. The molecule has 1 atom stereocenters. The van der Waals surface area contributed by atoms with E-state index in [0.29, 0.717) is 23.1 Å². The molecule has 4 rings (SSSR count). The van der Waals surface area contributed by atoms with E-state index >= 15 is 0 Å². The van der Waals surface area contributed by atoms with Crippen LogP contribution in [-0.4, -0.2) is 87.0 Å². The molecule has 2 aromatic rings. The summed E-state index contributed by atoms with van der Waals surface area (Å²) >= 11 is 6.33. The number of halogens is 1. The number of hydrogen-bond donors (Lipinski definition) is 1. The molecule has 6 nitrogen and oxygen atoms in total. The van der Waals surface area contributed by atoms with E-state index in [1.807, 2.05) is 35.1 Å². The monoisotopic (exact) mass is 445 g/mol. The van der Waals surface area contributed by atoms with Gasteiger partial charge in [-0.25, -0.2) is 4.68 Å². The van der Waals surface area contributed by atoms with Crippen molar-refractivity contribution in [2.24, 2.45) is 0 Å². The van der Waals surface area contributed by atoms with Crippen molar-refractivity contribution in [1.29, 1.82) is 0 Å². The van der Waals surface area contributed by atoms with Gasteiger partial charge in [0.2, 0.25) is 0 Å². The summed E-state index contributed by atoms with van der Waals surface area (Å²) in [5, 5.41) is 14.9. The van der Waals surface area contributed by atoms with Crippen molar-refractivity contribution in [3.05, 3.63) is 47.2 Å². The Morgan fingerprint density at radius 2 is 1.90 bits per heavy atom. The summed E-state index contributed by atoms with van der Waals surface area (Å²) < 4.78 is 1.86. The predicted octanol–water partition coefficient (Wildman–Crippen LogP) is 3.27. The molecule has 7 heteroatoms. The highest BCUT2D eigenvalue weighted by Crippen LogP contribution is 2.25. The van der Waals surface area contributed by atoms with Crippen LogP contribution in [0.2, 0.25) is 5.02 Å². The summed E-state index contributed by atoms with van der Waals surface area (Å²) in [4.78, 5) is 7.79. The SMILES string of the molecule is CC(C)N1CCC(N2CCN(Cc3cnn(-c4ccccc4Cl)c3)CC2CCO)CC1. The molecule has 2 fully saturated rings. The zero-order valence-corrected chi connectivity index (χ0v) is 19.6. The predicted molar refractivity (Wildman–Crippen MR) is 126 cm³/mol. The number of rotatable bonds is 7. The fraction of sp³-hybridized carbons (Fsp3) is 0.625. The van der Waals surface area contributed by atoms with Crippen LogP contribution < -0.4 is 0 Å². The number of aliphatic hydroxyl groups is 1. The Balaban J connectivity index is 1.36. The number of nitrogens with zero attached hydrogens (tertiary/aromatic N) is 5. The van der Waals surface area contributed by atoms with Crippen LogP contribution in [0, 0.1) is 0 Å². The summed E-state index contributed by atoms with van der Waals surface area (Å²) in [5.74, 6) is 0. The first-order valence-corrected chi connectivity index (χ1v) is 12.0. The van der Waals surface area contributed by atoms with Crippen LogP contribution in [0.5, 0.6) is 0 Å². The minimum absolute atomic E-state index is 0.254. The van der Waals surface area contributed by atoms with E-state index in [9.17, 15) is 5.11 Å². The molecule has 170 valence electrons. The van der Waals surface area contributed by atoms with Crippen molar-refractivity contribution >= 4 is 11.6 Å². The minimum Gasteiger partial charge on any atom is -0.396 e. The standard InChI is InChI=1S/C24H36ClN5O/c1-19(2)28-10-7-21(8-11-28)29-13-12-27(18-22(29)9-14-31)16-20-15-26-30(17-20)24-6-4-3-5-23(24)25/h3-6,15,17,19,21-22,31H,7-14,16,18H2,1-2H3. The first kappa shape index (κ1) is 22.7. The normalized spacial score (nSPS) is 22.4. The lowest BCUT2D eigenvalue weighted by molar-refractivity contribution is -0.0000321. The van der Waals surface area contributed by atoms with E-state index < -0.39 is 0 Å². The molecule has 0 radical (unpaired) electrons. The minimum atomic E-state index is 0.254. The number of hydrogen-bond acceptors (Lipinski definition) is 5. The lowest BCUT2D eigenvalue weighted by Gasteiger charge is -2.48. The van der Waals surface area contributed by atoms with Gasteiger partial charge in [0, 0.05) is 62.7 Å². The van der Waals surface area contributed by atoms with Crippen LogP contribution in [-0.2, 0) is 6.54 Å². The molecule has 2 aliphatic heterocycles. The van der Waals surface area contributed by atoms with Crippen LogP contribution in [0.25, 0.3) is 5.69 Å². The van der Waals surface area contributed by atoms with Crippen LogP contribution in [0.3, 0.4) is 0 Å². The zero-order valence-electron chi connectivity index (χ0n) is 18.8. The summed E-state index contributed by atoms with van der Waals surface area (Å²) in [7, 11) is 0. The Labute approximate surface area is 191 Å². The highest BCUT2D eigenvalue weighted by Gasteiger charge is 2.33. The molecule has 0 amide bonds. The lowest BCUT2D eigenvalue weighted by Crippen LogP contribution is -2.58. The van der Waals surface area contributed by atoms with Crippen LogP contribution in [0.15, 0.2) is 36.7 Å². The van der Waals surface area contributed by atoms with Gasteiger partial charge in [-0.1, -0.05) is 23.7 Å². The van der Waals surface area contributed by atoms with Gasteiger partial charge >= 0.3 is 0 Å². The third-order valence-electron chi connectivity index (χ3n) is 6.91. The highest BCUT2D eigenvalue weighted by atomic mass is 35.5. The number of aliphatic hydroxyl groups excluding tert-OH is 1.